The molecule has 1 saturated carbocycles. The van der Waals surface area contributed by atoms with E-state index in [1.54, 1.807) is 0 Å². The number of amides is 1. The fourth-order valence-electron chi connectivity index (χ4n) is 3.46. The summed E-state index contributed by atoms with van der Waals surface area (Å²) in [5, 5.41) is 2.89. The Morgan fingerprint density at radius 3 is 2.57 bits per heavy atom. The summed E-state index contributed by atoms with van der Waals surface area (Å²) in [7, 11) is 3.97. The van der Waals surface area contributed by atoms with Gasteiger partial charge >= 0.3 is 170 Å². The molecule has 1 aliphatic rings. The number of halogens is 2. The van der Waals surface area contributed by atoms with Gasteiger partial charge in [0.05, 0.1) is 0 Å². The van der Waals surface area contributed by atoms with Crippen molar-refractivity contribution in [2.24, 2.45) is 0 Å². The van der Waals surface area contributed by atoms with Gasteiger partial charge in [-0.3, -0.25) is 0 Å². The minimum absolute atomic E-state index is 0.0241. The molecular weight excluding hydrogens is 425 g/mol. The van der Waals surface area contributed by atoms with E-state index >= 15 is 0 Å². The first-order chi connectivity index (χ1) is 13.3. The molecule has 1 aliphatic carbocycles. The second-order valence-electron chi connectivity index (χ2n) is 7.39. The van der Waals surface area contributed by atoms with Gasteiger partial charge in [-0.1, -0.05) is 0 Å². The van der Waals surface area contributed by atoms with Crippen LogP contribution in [0.15, 0.2) is 24.4 Å². The predicted octanol–water partition coefficient (Wildman–Crippen LogP) is 2.35. The Labute approximate surface area is 170 Å². The van der Waals surface area contributed by atoms with E-state index < -0.39 is 33.3 Å². The van der Waals surface area contributed by atoms with Crippen LogP contribution in [0.1, 0.15) is 41.6 Å². The second kappa shape index (κ2) is 8.99. The van der Waals surface area contributed by atoms with Crippen LogP contribution >= 0.6 is 0 Å². The molecule has 0 saturated heterocycles. The van der Waals surface area contributed by atoms with E-state index in [9.17, 15) is 13.6 Å². The van der Waals surface area contributed by atoms with Gasteiger partial charge in [0.1, 0.15) is 0 Å². The Morgan fingerprint density at radius 2 is 1.93 bits per heavy atom. The number of hydrogen-bond donors (Lipinski definition) is 1. The molecule has 3 rings (SSSR count). The second-order valence-corrected chi connectivity index (χ2v) is 10.6. The first-order valence-corrected chi connectivity index (χ1v) is 11.6. The molecule has 28 heavy (non-hydrogen) atoms. The molecule has 1 aromatic heterocycles. The zero-order valence-corrected chi connectivity index (χ0v) is 18.4. The average Bonchev–Trinajstić information content (AvgIpc) is 2.64. The number of nitrogens with one attached hydrogen (secondary N) is 1. The van der Waals surface area contributed by atoms with Crippen LogP contribution in [0.5, 0.6) is 0 Å². The normalized spacial score (nSPS) is 19.8. The van der Waals surface area contributed by atoms with E-state index in [-0.39, 0.29) is 11.6 Å². The summed E-state index contributed by atoms with van der Waals surface area (Å²) >= 11 is -0.460. The molecule has 1 aromatic carbocycles. The SMILES string of the molecule is Cc1cnc([AsH][C@H]2CC[C@@H](NC(=O)c3ccc(F)cc3F)CC2)nc1N(C)C. The van der Waals surface area contributed by atoms with Crippen LogP contribution in [0.25, 0.3) is 0 Å². The minimum atomic E-state index is -0.828. The number of aromatic nitrogens is 2. The zero-order chi connectivity index (χ0) is 20.3. The van der Waals surface area contributed by atoms with E-state index in [0.29, 0.717) is 4.71 Å². The number of carbonyl (C=O) groups is 1. The number of carbonyl (C=O) groups excluding carboxylic acids is 1. The van der Waals surface area contributed by atoms with Crippen LogP contribution in [-0.4, -0.2) is 51.8 Å². The van der Waals surface area contributed by atoms with Gasteiger partial charge in [0.15, 0.2) is 0 Å². The molecule has 1 amide bonds. The summed E-state index contributed by atoms with van der Waals surface area (Å²) in [4.78, 5) is 23.5. The summed E-state index contributed by atoms with van der Waals surface area (Å²) in [5.41, 5.74) is 0.959. The van der Waals surface area contributed by atoms with Crippen molar-refractivity contribution >= 4 is 32.1 Å². The fourth-order valence-corrected chi connectivity index (χ4v) is 6.18. The molecule has 2 aromatic rings. The molecular formula is C20H25AsF2N4O. The molecule has 0 spiro atoms. The summed E-state index contributed by atoms with van der Waals surface area (Å²) < 4.78 is 28.3. The third-order valence-electron chi connectivity index (χ3n) is 4.94. The van der Waals surface area contributed by atoms with E-state index in [0.717, 1.165) is 53.8 Å². The summed E-state index contributed by atoms with van der Waals surface area (Å²) in [6.45, 7) is 2.01. The van der Waals surface area contributed by atoms with Crippen molar-refractivity contribution in [2.75, 3.05) is 19.0 Å². The van der Waals surface area contributed by atoms with Crippen LogP contribution in [0.4, 0.5) is 14.6 Å². The molecule has 150 valence electrons. The quantitative estimate of drug-likeness (QED) is 0.711. The molecule has 1 heterocycles. The van der Waals surface area contributed by atoms with Gasteiger partial charge in [0.2, 0.25) is 0 Å². The van der Waals surface area contributed by atoms with Crippen molar-refractivity contribution in [2.45, 2.75) is 43.4 Å². The first kappa shape index (κ1) is 20.7. The van der Waals surface area contributed by atoms with Crippen LogP contribution in [-0.2, 0) is 0 Å². The zero-order valence-electron chi connectivity index (χ0n) is 16.3. The fraction of sp³-hybridized carbons (Fsp3) is 0.450. The molecule has 1 atom stereocenters. The molecule has 0 aliphatic heterocycles. The number of hydrogen-bond acceptors (Lipinski definition) is 4. The van der Waals surface area contributed by atoms with E-state index in [2.05, 4.69) is 10.3 Å². The maximum atomic E-state index is 13.8. The van der Waals surface area contributed by atoms with Gasteiger partial charge in [0.25, 0.3) is 0 Å². The van der Waals surface area contributed by atoms with Crippen molar-refractivity contribution in [1.29, 1.82) is 0 Å². The van der Waals surface area contributed by atoms with Crippen LogP contribution in [0.3, 0.4) is 0 Å². The summed E-state index contributed by atoms with van der Waals surface area (Å²) in [6.07, 6.45) is 5.62. The Bertz CT molecular complexity index is 854. The summed E-state index contributed by atoms with van der Waals surface area (Å²) in [6, 6.07) is 3.05. The molecule has 1 unspecified atom stereocenters. The van der Waals surface area contributed by atoms with Gasteiger partial charge in [-0.25, -0.2) is 0 Å². The van der Waals surface area contributed by atoms with Crippen LogP contribution in [0.2, 0.25) is 4.71 Å². The number of anilines is 1. The standard InChI is InChI=1S/C20H25AsF2N4O/c1-12-11-24-20(26-18(12)27(2)3)21-13-4-7-15(8-5-13)25-19(28)16-9-6-14(22)10-17(16)23/h6,9-11,13,15,21H,4-5,7-8H2,1-3H3,(H,25,28)/t13-,15+. The first-order valence-electron chi connectivity index (χ1n) is 9.37. The van der Waals surface area contributed by atoms with Gasteiger partial charge < -0.3 is 0 Å². The third-order valence-corrected chi connectivity index (χ3v) is 8.05. The number of benzene rings is 1. The molecule has 0 bridgehead atoms. The Kier molecular flexibility index (Phi) is 6.65. The van der Waals surface area contributed by atoms with E-state index in [4.69, 9.17) is 4.98 Å². The summed E-state index contributed by atoms with van der Waals surface area (Å²) in [5.74, 6) is -1.02. The number of aryl methyl sites for hydroxylation is 1. The van der Waals surface area contributed by atoms with Crippen LogP contribution < -0.4 is 14.8 Å². The van der Waals surface area contributed by atoms with Gasteiger partial charge in [-0.15, -0.1) is 0 Å². The van der Waals surface area contributed by atoms with Crippen LogP contribution in [0, 0.1) is 18.6 Å². The molecule has 1 fully saturated rings. The number of nitrogens with zero attached hydrogens (tertiary/aromatic N) is 3. The topological polar surface area (TPSA) is 58.1 Å². The molecule has 5 nitrogen and oxygen atoms in total. The Balaban J connectivity index is 1.53. The monoisotopic (exact) mass is 450 g/mol. The molecule has 1 N–H and O–H groups in total. The van der Waals surface area contributed by atoms with Crippen molar-refractivity contribution in [1.82, 2.24) is 15.3 Å². The predicted molar refractivity (Wildman–Crippen MR) is 108 cm³/mol. The van der Waals surface area contributed by atoms with E-state index in [1.807, 2.05) is 32.1 Å². The molecule has 0 radical (unpaired) electrons. The third kappa shape index (κ3) is 5.07. The number of rotatable bonds is 5. The molecule has 8 heteroatoms. The van der Waals surface area contributed by atoms with E-state index in [1.165, 1.54) is 6.07 Å². The van der Waals surface area contributed by atoms with Gasteiger partial charge in [0, 0.05) is 0 Å². The van der Waals surface area contributed by atoms with Crippen molar-refractivity contribution in [3.63, 3.8) is 0 Å². The van der Waals surface area contributed by atoms with Crippen molar-refractivity contribution in [3.8, 4) is 0 Å². The Hall–Kier alpha value is -2.01. The Morgan fingerprint density at radius 1 is 1.21 bits per heavy atom. The average molecular weight is 450 g/mol. The maximum absolute atomic E-state index is 13.8. The van der Waals surface area contributed by atoms with Crippen molar-refractivity contribution in [3.05, 3.63) is 47.2 Å². The van der Waals surface area contributed by atoms with Crippen molar-refractivity contribution < 1.29 is 13.6 Å². The van der Waals surface area contributed by atoms with Gasteiger partial charge in [-0.2, -0.15) is 0 Å². The van der Waals surface area contributed by atoms with Gasteiger partial charge in [-0.05, 0) is 0 Å².